The maximum absolute atomic E-state index is 12.5. The fourth-order valence-electron chi connectivity index (χ4n) is 3.09. The molecule has 0 fully saturated rings. The minimum atomic E-state index is -3.57. The van der Waals surface area contributed by atoms with Crippen LogP contribution in [0.15, 0.2) is 54.6 Å². The van der Waals surface area contributed by atoms with E-state index in [1.807, 2.05) is 48.5 Å². The van der Waals surface area contributed by atoms with E-state index in [0.29, 0.717) is 13.1 Å². The van der Waals surface area contributed by atoms with E-state index in [1.165, 1.54) is 12.6 Å². The van der Waals surface area contributed by atoms with Gasteiger partial charge < -0.3 is 4.90 Å². The van der Waals surface area contributed by atoms with Crippen LogP contribution in [0.2, 0.25) is 0 Å². The Morgan fingerprint density at radius 1 is 1.12 bits per heavy atom. The third-order valence-electron chi connectivity index (χ3n) is 4.37. The molecule has 1 aliphatic rings. The molecule has 3 rings (SSSR count). The Labute approximate surface area is 142 Å². The quantitative estimate of drug-likeness (QED) is 0.918. The highest BCUT2D eigenvalue weighted by molar-refractivity contribution is 7.90. The molecule has 0 saturated carbocycles. The second kappa shape index (κ2) is 6.75. The largest absolute Gasteiger partial charge is 0.336 e. The van der Waals surface area contributed by atoms with Crippen LogP contribution in [-0.2, 0) is 21.4 Å². The molecule has 1 atom stereocenters. The van der Waals surface area contributed by atoms with E-state index in [0.717, 1.165) is 11.1 Å². The van der Waals surface area contributed by atoms with Crippen LogP contribution in [0.5, 0.6) is 0 Å². The van der Waals surface area contributed by atoms with Gasteiger partial charge in [0.2, 0.25) is 15.9 Å². The fourth-order valence-corrected chi connectivity index (χ4v) is 3.75. The van der Waals surface area contributed by atoms with Crippen molar-refractivity contribution in [2.24, 2.45) is 0 Å². The van der Waals surface area contributed by atoms with Gasteiger partial charge in [0.1, 0.15) is 5.75 Å². The highest BCUT2D eigenvalue weighted by atomic mass is 32.2. The standard InChI is InChI=1S/C18H20N2O3S/c1-19-24(22,23)13-18(21)20-11-15-9-5-6-10-16(15)17(12-20)14-7-3-2-4-8-14/h2-10,17,19H,11-13H2,1H3/t17-/m1/s1. The number of sulfonamides is 1. The molecule has 126 valence electrons. The number of carbonyl (C=O) groups is 1. The van der Waals surface area contributed by atoms with Crippen molar-refractivity contribution in [1.82, 2.24) is 9.62 Å². The van der Waals surface area contributed by atoms with Crippen molar-refractivity contribution >= 4 is 15.9 Å². The molecule has 1 aliphatic heterocycles. The molecule has 0 spiro atoms. The van der Waals surface area contributed by atoms with Gasteiger partial charge in [-0.05, 0) is 23.7 Å². The van der Waals surface area contributed by atoms with Crippen LogP contribution in [-0.4, -0.2) is 38.6 Å². The number of nitrogens with zero attached hydrogens (tertiary/aromatic N) is 1. The molecule has 5 nitrogen and oxygen atoms in total. The van der Waals surface area contributed by atoms with E-state index in [1.54, 1.807) is 4.90 Å². The van der Waals surface area contributed by atoms with E-state index < -0.39 is 15.8 Å². The number of hydrogen-bond acceptors (Lipinski definition) is 3. The zero-order chi connectivity index (χ0) is 17.2. The zero-order valence-electron chi connectivity index (χ0n) is 13.5. The number of hydrogen-bond donors (Lipinski definition) is 1. The maximum Gasteiger partial charge on any atom is 0.239 e. The van der Waals surface area contributed by atoms with Crippen LogP contribution in [0.4, 0.5) is 0 Å². The summed E-state index contributed by atoms with van der Waals surface area (Å²) in [6, 6.07) is 18.0. The SMILES string of the molecule is CNS(=O)(=O)CC(=O)N1Cc2ccccc2[C@@H](c2ccccc2)C1. The molecule has 1 N–H and O–H groups in total. The number of carbonyl (C=O) groups excluding carboxylic acids is 1. The van der Waals surface area contributed by atoms with Gasteiger partial charge >= 0.3 is 0 Å². The smallest absolute Gasteiger partial charge is 0.239 e. The average Bonchev–Trinajstić information content (AvgIpc) is 2.61. The highest BCUT2D eigenvalue weighted by Gasteiger charge is 2.30. The Morgan fingerprint density at radius 3 is 2.50 bits per heavy atom. The molecule has 1 heterocycles. The summed E-state index contributed by atoms with van der Waals surface area (Å²) in [6.45, 7) is 0.927. The molecular formula is C18H20N2O3S. The number of fused-ring (bicyclic) bond motifs is 1. The molecule has 0 aromatic heterocycles. The molecule has 0 saturated heterocycles. The molecule has 0 bridgehead atoms. The van der Waals surface area contributed by atoms with Gasteiger partial charge in [0.15, 0.2) is 0 Å². The first-order valence-corrected chi connectivity index (χ1v) is 9.47. The molecule has 2 aromatic carbocycles. The van der Waals surface area contributed by atoms with Gasteiger partial charge in [0, 0.05) is 19.0 Å². The van der Waals surface area contributed by atoms with Crippen molar-refractivity contribution in [1.29, 1.82) is 0 Å². The second-order valence-corrected chi connectivity index (χ2v) is 7.83. The van der Waals surface area contributed by atoms with Crippen LogP contribution >= 0.6 is 0 Å². The Kier molecular flexibility index (Phi) is 4.69. The molecule has 0 aliphatic carbocycles. The van der Waals surface area contributed by atoms with Gasteiger partial charge in [-0.1, -0.05) is 54.6 Å². The van der Waals surface area contributed by atoms with Gasteiger partial charge in [-0.25, -0.2) is 13.1 Å². The average molecular weight is 344 g/mol. The molecule has 6 heteroatoms. The number of nitrogens with one attached hydrogen (secondary N) is 1. The first kappa shape index (κ1) is 16.7. The normalized spacial score (nSPS) is 17.4. The molecule has 0 radical (unpaired) electrons. The van der Waals surface area contributed by atoms with Gasteiger partial charge in [0.05, 0.1) is 0 Å². The monoisotopic (exact) mass is 344 g/mol. The lowest BCUT2D eigenvalue weighted by atomic mass is 9.85. The van der Waals surface area contributed by atoms with E-state index in [2.05, 4.69) is 10.8 Å². The van der Waals surface area contributed by atoms with E-state index in [4.69, 9.17) is 0 Å². The molecule has 0 unspecified atom stereocenters. The van der Waals surface area contributed by atoms with E-state index >= 15 is 0 Å². The van der Waals surface area contributed by atoms with Crippen molar-refractivity contribution in [3.05, 3.63) is 71.3 Å². The fraction of sp³-hybridized carbons (Fsp3) is 0.278. The van der Waals surface area contributed by atoms with Crippen molar-refractivity contribution < 1.29 is 13.2 Å². The predicted molar refractivity (Wildman–Crippen MR) is 93.0 cm³/mol. The van der Waals surface area contributed by atoms with Crippen molar-refractivity contribution in [2.75, 3.05) is 19.3 Å². The highest BCUT2D eigenvalue weighted by Crippen LogP contribution is 2.33. The summed E-state index contributed by atoms with van der Waals surface area (Å²) in [4.78, 5) is 14.1. The Hall–Kier alpha value is -2.18. The lowest BCUT2D eigenvalue weighted by molar-refractivity contribution is -0.129. The zero-order valence-corrected chi connectivity index (χ0v) is 14.3. The summed E-state index contributed by atoms with van der Waals surface area (Å²) in [5.41, 5.74) is 3.39. The summed E-state index contributed by atoms with van der Waals surface area (Å²) in [5, 5.41) is 0. The first-order chi connectivity index (χ1) is 11.5. The van der Waals surface area contributed by atoms with Gasteiger partial charge in [-0.15, -0.1) is 0 Å². The van der Waals surface area contributed by atoms with Crippen LogP contribution in [0.3, 0.4) is 0 Å². The van der Waals surface area contributed by atoms with E-state index in [-0.39, 0.29) is 11.8 Å². The van der Waals surface area contributed by atoms with Crippen LogP contribution in [0.25, 0.3) is 0 Å². The number of amides is 1. The summed E-state index contributed by atoms with van der Waals surface area (Å²) in [5.74, 6) is -0.843. The third-order valence-corrected chi connectivity index (χ3v) is 5.62. The molecule has 24 heavy (non-hydrogen) atoms. The van der Waals surface area contributed by atoms with Crippen molar-refractivity contribution in [2.45, 2.75) is 12.5 Å². The van der Waals surface area contributed by atoms with Crippen molar-refractivity contribution in [3.8, 4) is 0 Å². The van der Waals surface area contributed by atoms with Gasteiger partial charge in [-0.3, -0.25) is 4.79 Å². The van der Waals surface area contributed by atoms with Crippen LogP contribution in [0, 0.1) is 0 Å². The minimum Gasteiger partial charge on any atom is -0.336 e. The van der Waals surface area contributed by atoms with Gasteiger partial charge in [-0.2, -0.15) is 0 Å². The van der Waals surface area contributed by atoms with Crippen LogP contribution in [0.1, 0.15) is 22.6 Å². The summed E-state index contributed by atoms with van der Waals surface area (Å²) >= 11 is 0. The third kappa shape index (κ3) is 3.49. The Morgan fingerprint density at radius 2 is 1.79 bits per heavy atom. The summed E-state index contributed by atoms with van der Waals surface area (Å²) in [7, 11) is -2.25. The van der Waals surface area contributed by atoms with Gasteiger partial charge in [0.25, 0.3) is 0 Å². The topological polar surface area (TPSA) is 66.5 Å². The van der Waals surface area contributed by atoms with E-state index in [9.17, 15) is 13.2 Å². The lowest BCUT2D eigenvalue weighted by Gasteiger charge is -2.35. The summed E-state index contributed by atoms with van der Waals surface area (Å²) < 4.78 is 25.6. The second-order valence-electron chi connectivity index (χ2n) is 5.90. The van der Waals surface area contributed by atoms with Crippen molar-refractivity contribution in [3.63, 3.8) is 0 Å². The Bertz CT molecular complexity index is 834. The number of benzene rings is 2. The Balaban J connectivity index is 1.92. The maximum atomic E-state index is 12.5. The predicted octanol–water partition coefficient (Wildman–Crippen LogP) is 1.71. The summed E-state index contributed by atoms with van der Waals surface area (Å²) in [6.07, 6.45) is 0. The molecule has 1 amide bonds. The molecule has 2 aromatic rings. The first-order valence-electron chi connectivity index (χ1n) is 7.82. The minimum absolute atomic E-state index is 0.0531. The number of rotatable bonds is 4. The lowest BCUT2D eigenvalue weighted by Crippen LogP contribution is -2.43. The van der Waals surface area contributed by atoms with Crippen LogP contribution < -0.4 is 4.72 Å². The molecular weight excluding hydrogens is 324 g/mol.